The van der Waals surface area contributed by atoms with Crippen LogP contribution in [-0.2, 0) is 11.3 Å². The average molecular weight is 333 g/mol. The highest BCUT2D eigenvalue weighted by molar-refractivity contribution is 5.45. The Balaban J connectivity index is 1.85. The number of hydrogen-bond donors (Lipinski definition) is 1. The van der Waals surface area contributed by atoms with E-state index in [4.69, 9.17) is 4.74 Å². The first-order valence-corrected chi connectivity index (χ1v) is 9.35. The molecular weight excluding hydrogens is 296 g/mol. The van der Waals surface area contributed by atoms with E-state index in [0.29, 0.717) is 11.3 Å². The SMILES string of the molecule is CC(C)[C@]1(CCNCc2ccc(N(C)C)cc2)CCOC(C)(C)C1. The van der Waals surface area contributed by atoms with Crippen molar-refractivity contribution < 1.29 is 4.74 Å². The second-order valence-corrected chi connectivity index (χ2v) is 8.54. The molecule has 0 unspecified atom stereocenters. The van der Waals surface area contributed by atoms with Gasteiger partial charge in [-0.3, -0.25) is 0 Å². The van der Waals surface area contributed by atoms with Gasteiger partial charge < -0.3 is 15.0 Å². The van der Waals surface area contributed by atoms with Crippen molar-refractivity contribution in [3.8, 4) is 0 Å². The summed E-state index contributed by atoms with van der Waals surface area (Å²) in [5, 5.41) is 3.65. The Morgan fingerprint density at radius 2 is 1.83 bits per heavy atom. The fraction of sp³-hybridized carbons (Fsp3) is 0.714. The van der Waals surface area contributed by atoms with Crippen molar-refractivity contribution >= 4 is 5.69 Å². The molecule has 0 aromatic heterocycles. The maximum atomic E-state index is 5.95. The quantitative estimate of drug-likeness (QED) is 0.746. The molecule has 0 amide bonds. The van der Waals surface area contributed by atoms with Gasteiger partial charge in [0.25, 0.3) is 0 Å². The molecule has 0 bridgehead atoms. The Morgan fingerprint density at radius 3 is 2.38 bits per heavy atom. The third-order valence-corrected chi connectivity index (χ3v) is 5.68. The summed E-state index contributed by atoms with van der Waals surface area (Å²) in [5.74, 6) is 0.696. The Morgan fingerprint density at radius 1 is 1.17 bits per heavy atom. The lowest BCUT2D eigenvalue weighted by atomic mass is 9.65. The lowest BCUT2D eigenvalue weighted by Crippen LogP contribution is -2.45. The molecule has 3 heteroatoms. The third-order valence-electron chi connectivity index (χ3n) is 5.68. The van der Waals surface area contributed by atoms with Gasteiger partial charge in [0.2, 0.25) is 0 Å². The largest absolute Gasteiger partial charge is 0.378 e. The van der Waals surface area contributed by atoms with Gasteiger partial charge in [0.1, 0.15) is 0 Å². The minimum absolute atomic E-state index is 0.0184. The molecule has 3 nitrogen and oxygen atoms in total. The molecule has 1 N–H and O–H groups in total. The van der Waals surface area contributed by atoms with Crippen LogP contribution in [0.2, 0.25) is 0 Å². The summed E-state index contributed by atoms with van der Waals surface area (Å²) in [6, 6.07) is 8.82. The van der Waals surface area contributed by atoms with Crippen LogP contribution in [0.3, 0.4) is 0 Å². The van der Waals surface area contributed by atoms with Crippen molar-refractivity contribution in [3.63, 3.8) is 0 Å². The second-order valence-electron chi connectivity index (χ2n) is 8.54. The van der Waals surface area contributed by atoms with Crippen LogP contribution in [0.25, 0.3) is 0 Å². The van der Waals surface area contributed by atoms with E-state index < -0.39 is 0 Å². The van der Waals surface area contributed by atoms with Crippen LogP contribution in [0.5, 0.6) is 0 Å². The maximum Gasteiger partial charge on any atom is 0.0631 e. The minimum atomic E-state index is 0.0184. The van der Waals surface area contributed by atoms with Crippen molar-refractivity contribution in [2.75, 3.05) is 32.1 Å². The van der Waals surface area contributed by atoms with E-state index in [1.165, 1.54) is 24.1 Å². The first-order chi connectivity index (χ1) is 11.2. The number of benzene rings is 1. The highest BCUT2D eigenvalue weighted by atomic mass is 16.5. The summed E-state index contributed by atoms with van der Waals surface area (Å²) >= 11 is 0. The highest BCUT2D eigenvalue weighted by Crippen LogP contribution is 2.46. The number of nitrogens with zero attached hydrogens (tertiary/aromatic N) is 1. The number of hydrogen-bond acceptors (Lipinski definition) is 3. The summed E-state index contributed by atoms with van der Waals surface area (Å²) in [7, 11) is 4.15. The zero-order chi connectivity index (χ0) is 17.8. The molecule has 0 aliphatic carbocycles. The van der Waals surface area contributed by atoms with Crippen molar-refractivity contribution in [2.24, 2.45) is 11.3 Å². The standard InChI is InChI=1S/C21H36N2O/c1-17(2)21(12-14-24-20(3,4)16-21)11-13-22-15-18-7-9-19(10-8-18)23(5)6/h7-10,17,22H,11-16H2,1-6H3/t21-/m1/s1. The van der Waals surface area contributed by atoms with E-state index in [9.17, 15) is 0 Å². The first-order valence-electron chi connectivity index (χ1n) is 9.35. The molecule has 0 spiro atoms. The third kappa shape index (κ3) is 4.97. The van der Waals surface area contributed by atoms with Gasteiger partial charge in [0, 0.05) is 32.9 Å². The number of ether oxygens (including phenoxy) is 1. The molecular formula is C21H36N2O. The highest BCUT2D eigenvalue weighted by Gasteiger charge is 2.42. The van der Waals surface area contributed by atoms with Gasteiger partial charge in [-0.05, 0) is 68.7 Å². The van der Waals surface area contributed by atoms with Crippen LogP contribution < -0.4 is 10.2 Å². The summed E-state index contributed by atoms with van der Waals surface area (Å²) in [6.45, 7) is 12.2. The number of anilines is 1. The summed E-state index contributed by atoms with van der Waals surface area (Å²) in [5.41, 5.74) is 3.03. The van der Waals surface area contributed by atoms with E-state index in [-0.39, 0.29) is 5.60 Å². The molecule has 24 heavy (non-hydrogen) atoms. The fourth-order valence-electron chi connectivity index (χ4n) is 3.99. The summed E-state index contributed by atoms with van der Waals surface area (Å²) < 4.78 is 5.95. The topological polar surface area (TPSA) is 24.5 Å². The van der Waals surface area contributed by atoms with Crippen molar-refractivity contribution in [3.05, 3.63) is 29.8 Å². The van der Waals surface area contributed by atoms with Crippen LogP contribution in [0.15, 0.2) is 24.3 Å². The summed E-state index contributed by atoms with van der Waals surface area (Å²) in [6.07, 6.45) is 3.58. The lowest BCUT2D eigenvalue weighted by Gasteiger charge is -2.48. The fourth-order valence-corrected chi connectivity index (χ4v) is 3.99. The van der Waals surface area contributed by atoms with Crippen molar-refractivity contribution in [2.45, 2.75) is 59.1 Å². The van der Waals surface area contributed by atoms with Crippen molar-refractivity contribution in [1.82, 2.24) is 5.32 Å². The van der Waals surface area contributed by atoms with Crippen LogP contribution in [0.1, 0.15) is 52.5 Å². The van der Waals surface area contributed by atoms with Gasteiger partial charge in [-0.1, -0.05) is 26.0 Å². The monoisotopic (exact) mass is 332 g/mol. The molecule has 1 aliphatic rings. The Kier molecular flexibility index (Phi) is 6.33. The summed E-state index contributed by atoms with van der Waals surface area (Å²) in [4.78, 5) is 2.14. The van der Waals surface area contributed by atoms with E-state index in [1.54, 1.807) is 0 Å². The van der Waals surface area contributed by atoms with Gasteiger partial charge in [-0.2, -0.15) is 0 Å². The Hall–Kier alpha value is -1.06. The molecule has 1 fully saturated rings. The molecule has 0 radical (unpaired) electrons. The molecule has 2 rings (SSSR count). The van der Waals surface area contributed by atoms with Crippen LogP contribution in [-0.4, -0.2) is 32.8 Å². The lowest BCUT2D eigenvalue weighted by molar-refractivity contribution is -0.121. The molecule has 1 aliphatic heterocycles. The zero-order valence-electron chi connectivity index (χ0n) is 16.5. The Bertz CT molecular complexity index is 507. The molecule has 1 atom stereocenters. The molecule has 0 saturated carbocycles. The maximum absolute atomic E-state index is 5.95. The van der Waals surface area contributed by atoms with E-state index in [0.717, 1.165) is 26.1 Å². The van der Waals surface area contributed by atoms with Gasteiger partial charge in [0.15, 0.2) is 0 Å². The van der Waals surface area contributed by atoms with E-state index in [2.05, 4.69) is 76.3 Å². The molecule has 136 valence electrons. The van der Waals surface area contributed by atoms with E-state index >= 15 is 0 Å². The number of rotatable bonds is 7. The van der Waals surface area contributed by atoms with Gasteiger partial charge in [-0.25, -0.2) is 0 Å². The molecule has 1 saturated heterocycles. The van der Waals surface area contributed by atoms with Crippen LogP contribution >= 0.6 is 0 Å². The van der Waals surface area contributed by atoms with Crippen LogP contribution in [0, 0.1) is 11.3 Å². The van der Waals surface area contributed by atoms with E-state index in [1.807, 2.05) is 0 Å². The molecule has 1 aromatic carbocycles. The predicted molar refractivity (Wildman–Crippen MR) is 104 cm³/mol. The van der Waals surface area contributed by atoms with Gasteiger partial charge in [-0.15, -0.1) is 0 Å². The van der Waals surface area contributed by atoms with Crippen LogP contribution in [0.4, 0.5) is 5.69 Å². The first kappa shape index (κ1) is 19.3. The predicted octanol–water partition coefficient (Wildman–Crippen LogP) is 4.46. The molecule has 1 heterocycles. The second kappa shape index (κ2) is 7.88. The minimum Gasteiger partial charge on any atom is -0.378 e. The zero-order valence-corrected chi connectivity index (χ0v) is 16.5. The Labute approximate surface area is 148 Å². The number of nitrogens with one attached hydrogen (secondary N) is 1. The average Bonchev–Trinajstić information content (AvgIpc) is 2.51. The van der Waals surface area contributed by atoms with Gasteiger partial charge in [0.05, 0.1) is 5.60 Å². The normalized spacial score (nSPS) is 23.5. The smallest absolute Gasteiger partial charge is 0.0631 e. The molecule has 1 aromatic rings. The van der Waals surface area contributed by atoms with Crippen molar-refractivity contribution in [1.29, 1.82) is 0 Å². The van der Waals surface area contributed by atoms with Gasteiger partial charge >= 0.3 is 0 Å².